The molecule has 0 saturated heterocycles. The van der Waals surface area contributed by atoms with Gasteiger partial charge in [0.2, 0.25) is 5.60 Å². The number of hydrogen-bond donors (Lipinski definition) is 1. The van der Waals surface area contributed by atoms with Crippen LogP contribution in [0, 0.1) is 6.92 Å². The summed E-state index contributed by atoms with van der Waals surface area (Å²) in [6.07, 6.45) is 5.16. The quantitative estimate of drug-likeness (QED) is 0.336. The zero-order chi connectivity index (χ0) is 25.9. The van der Waals surface area contributed by atoms with Crippen molar-refractivity contribution in [3.05, 3.63) is 78.6 Å². The van der Waals surface area contributed by atoms with Crippen LogP contribution in [-0.4, -0.2) is 38.6 Å². The molecule has 1 fully saturated rings. The first-order valence-electron chi connectivity index (χ1n) is 12.0. The van der Waals surface area contributed by atoms with E-state index in [2.05, 4.69) is 4.98 Å². The summed E-state index contributed by atoms with van der Waals surface area (Å²) < 4.78 is 37.1. The summed E-state index contributed by atoms with van der Waals surface area (Å²) in [6, 6.07) is 17.6. The highest BCUT2D eigenvalue weighted by molar-refractivity contribution is 7.90. The van der Waals surface area contributed by atoms with Gasteiger partial charge in [-0.2, -0.15) is 0 Å². The summed E-state index contributed by atoms with van der Waals surface area (Å²) in [7, 11) is -2.10. The SMILES string of the molecule is Cc1ccc(S(=O)(=O)n2c(-c3cn(C)c4ccc(OC5(C(=O)O)CCC5)cc34)cc3cccnc32)cc1. The summed E-state index contributed by atoms with van der Waals surface area (Å²) in [5, 5.41) is 11.2. The second kappa shape index (κ2) is 8.21. The molecule has 1 aliphatic rings. The van der Waals surface area contributed by atoms with Gasteiger partial charge in [0, 0.05) is 41.3 Å². The molecule has 0 atom stereocenters. The molecule has 8 nitrogen and oxygen atoms in total. The number of fused-ring (bicyclic) bond motifs is 2. The Balaban J connectivity index is 1.57. The molecule has 2 aromatic carbocycles. The highest BCUT2D eigenvalue weighted by Gasteiger charge is 2.47. The van der Waals surface area contributed by atoms with Crippen molar-refractivity contribution in [2.24, 2.45) is 7.05 Å². The van der Waals surface area contributed by atoms with Crippen LogP contribution in [0.2, 0.25) is 0 Å². The van der Waals surface area contributed by atoms with E-state index >= 15 is 0 Å². The number of nitrogens with zero attached hydrogens (tertiary/aromatic N) is 3. The first kappa shape index (κ1) is 23.3. The fraction of sp³-hybridized carbons (Fsp3) is 0.214. The Labute approximate surface area is 213 Å². The number of aromatic nitrogens is 3. The van der Waals surface area contributed by atoms with E-state index in [1.54, 1.807) is 48.7 Å². The second-order valence-electron chi connectivity index (χ2n) is 9.62. The predicted octanol–water partition coefficient (Wildman–Crippen LogP) is 5.13. The van der Waals surface area contributed by atoms with Crippen molar-refractivity contribution >= 4 is 37.9 Å². The molecule has 1 saturated carbocycles. The Morgan fingerprint density at radius 3 is 2.51 bits per heavy atom. The molecule has 188 valence electrons. The Bertz CT molecular complexity index is 1800. The molecule has 1 aliphatic carbocycles. The van der Waals surface area contributed by atoms with Gasteiger partial charge < -0.3 is 14.4 Å². The van der Waals surface area contributed by atoms with E-state index < -0.39 is 21.6 Å². The molecule has 3 aromatic heterocycles. The van der Waals surface area contributed by atoms with Gasteiger partial charge in [0.15, 0.2) is 5.65 Å². The van der Waals surface area contributed by atoms with Crippen molar-refractivity contribution in [2.75, 3.05) is 0 Å². The third-order valence-corrected chi connectivity index (χ3v) is 8.90. The Kier molecular flexibility index (Phi) is 5.17. The van der Waals surface area contributed by atoms with E-state index in [-0.39, 0.29) is 4.90 Å². The average molecular weight is 516 g/mol. The number of carboxylic acids is 1. The van der Waals surface area contributed by atoms with E-state index in [1.165, 1.54) is 3.97 Å². The molecule has 9 heteroatoms. The standard InChI is InChI=1S/C28H25N3O5S/c1-18-6-9-21(10-7-18)37(34,35)31-25(15-19-5-3-14-29-26(19)31)23-17-30(2)24-11-8-20(16-22(23)24)36-28(27(32)33)12-4-13-28/h3,5-11,14-17H,4,12-13H2,1-2H3,(H,32,33). The molecule has 6 rings (SSSR count). The van der Waals surface area contributed by atoms with Crippen LogP contribution >= 0.6 is 0 Å². The fourth-order valence-electron chi connectivity index (χ4n) is 4.98. The number of rotatable bonds is 6. The number of ether oxygens (including phenoxy) is 1. The van der Waals surface area contributed by atoms with Crippen molar-refractivity contribution in [2.45, 2.75) is 36.7 Å². The second-order valence-corrected chi connectivity index (χ2v) is 11.4. The number of carbonyl (C=O) groups is 1. The third kappa shape index (κ3) is 3.61. The lowest BCUT2D eigenvalue weighted by molar-refractivity contribution is -0.163. The number of hydrogen-bond acceptors (Lipinski definition) is 5. The third-order valence-electron chi connectivity index (χ3n) is 7.18. The van der Waals surface area contributed by atoms with Crippen LogP contribution in [0.3, 0.4) is 0 Å². The van der Waals surface area contributed by atoms with Gasteiger partial charge in [0.05, 0.1) is 10.6 Å². The van der Waals surface area contributed by atoms with E-state index in [4.69, 9.17) is 4.74 Å². The zero-order valence-electron chi connectivity index (χ0n) is 20.4. The Hall–Kier alpha value is -4.11. The smallest absolute Gasteiger partial charge is 0.348 e. The van der Waals surface area contributed by atoms with Crippen LogP contribution < -0.4 is 4.74 Å². The lowest BCUT2D eigenvalue weighted by Gasteiger charge is -2.37. The molecule has 0 bridgehead atoms. The number of aliphatic carboxylic acids is 1. The molecule has 0 unspecified atom stereocenters. The summed E-state index contributed by atoms with van der Waals surface area (Å²) in [5.74, 6) is -0.535. The van der Waals surface area contributed by atoms with Crippen LogP contribution in [-0.2, 0) is 21.9 Å². The van der Waals surface area contributed by atoms with Crippen molar-refractivity contribution < 1.29 is 23.1 Å². The van der Waals surface area contributed by atoms with Gasteiger partial charge in [0.1, 0.15) is 5.75 Å². The maximum atomic E-state index is 14.0. The van der Waals surface area contributed by atoms with Gasteiger partial charge >= 0.3 is 5.97 Å². The van der Waals surface area contributed by atoms with Gasteiger partial charge in [-0.3, -0.25) is 0 Å². The van der Waals surface area contributed by atoms with Crippen molar-refractivity contribution in [1.29, 1.82) is 0 Å². The molecular formula is C28H25N3O5S. The Morgan fingerprint density at radius 2 is 1.84 bits per heavy atom. The molecular weight excluding hydrogens is 490 g/mol. The van der Waals surface area contributed by atoms with Gasteiger partial charge in [-0.05, 0) is 74.7 Å². The van der Waals surface area contributed by atoms with Gasteiger partial charge in [-0.1, -0.05) is 17.7 Å². The highest BCUT2D eigenvalue weighted by Crippen LogP contribution is 2.40. The lowest BCUT2D eigenvalue weighted by Crippen LogP contribution is -2.50. The molecule has 0 aliphatic heterocycles. The molecule has 0 radical (unpaired) electrons. The van der Waals surface area contributed by atoms with Crippen molar-refractivity contribution in [3.63, 3.8) is 0 Å². The number of pyridine rings is 1. The highest BCUT2D eigenvalue weighted by atomic mass is 32.2. The van der Waals surface area contributed by atoms with E-state index in [0.29, 0.717) is 40.9 Å². The number of benzene rings is 2. The van der Waals surface area contributed by atoms with Gasteiger partial charge in [0.25, 0.3) is 10.0 Å². The first-order chi connectivity index (χ1) is 17.7. The summed E-state index contributed by atoms with van der Waals surface area (Å²) in [6.45, 7) is 1.91. The minimum absolute atomic E-state index is 0.167. The minimum atomic E-state index is -3.99. The number of carboxylic acid groups (broad SMARTS) is 1. The maximum absolute atomic E-state index is 14.0. The Morgan fingerprint density at radius 1 is 1.08 bits per heavy atom. The van der Waals surface area contributed by atoms with Crippen molar-refractivity contribution in [3.8, 4) is 17.0 Å². The predicted molar refractivity (Wildman–Crippen MR) is 140 cm³/mol. The fourth-order valence-corrected chi connectivity index (χ4v) is 6.46. The van der Waals surface area contributed by atoms with E-state index in [9.17, 15) is 18.3 Å². The summed E-state index contributed by atoms with van der Waals surface area (Å²) >= 11 is 0. The molecule has 0 amide bonds. The molecule has 5 aromatic rings. The topological polar surface area (TPSA) is 103 Å². The number of aryl methyl sites for hydroxylation is 2. The largest absolute Gasteiger partial charge is 0.478 e. The van der Waals surface area contributed by atoms with Crippen LogP contribution in [0.1, 0.15) is 24.8 Å². The van der Waals surface area contributed by atoms with Gasteiger partial charge in [-0.15, -0.1) is 0 Å². The van der Waals surface area contributed by atoms with Crippen LogP contribution in [0.15, 0.2) is 78.0 Å². The zero-order valence-corrected chi connectivity index (χ0v) is 21.2. The minimum Gasteiger partial charge on any atom is -0.478 e. The first-order valence-corrected chi connectivity index (χ1v) is 13.4. The normalized spacial score (nSPS) is 15.1. The summed E-state index contributed by atoms with van der Waals surface area (Å²) in [5.41, 5.74) is 2.08. The van der Waals surface area contributed by atoms with Crippen LogP contribution in [0.4, 0.5) is 0 Å². The van der Waals surface area contributed by atoms with E-state index in [0.717, 1.165) is 22.9 Å². The molecule has 37 heavy (non-hydrogen) atoms. The summed E-state index contributed by atoms with van der Waals surface area (Å²) in [4.78, 5) is 16.4. The van der Waals surface area contributed by atoms with E-state index in [1.807, 2.05) is 42.9 Å². The molecule has 1 N–H and O–H groups in total. The van der Waals surface area contributed by atoms with Crippen LogP contribution in [0.5, 0.6) is 5.75 Å². The lowest BCUT2D eigenvalue weighted by atomic mass is 9.80. The van der Waals surface area contributed by atoms with Crippen molar-refractivity contribution in [1.82, 2.24) is 13.5 Å². The monoisotopic (exact) mass is 515 g/mol. The van der Waals surface area contributed by atoms with Gasteiger partial charge in [-0.25, -0.2) is 22.2 Å². The average Bonchev–Trinajstić information content (AvgIpc) is 3.39. The van der Waals surface area contributed by atoms with Crippen LogP contribution in [0.25, 0.3) is 33.2 Å². The molecule has 0 spiro atoms. The molecule has 3 heterocycles. The maximum Gasteiger partial charge on any atom is 0.348 e.